The Labute approximate surface area is 111 Å². The number of halogens is 1. The fourth-order valence-corrected chi connectivity index (χ4v) is 1.96. The lowest BCUT2D eigenvalue weighted by molar-refractivity contribution is 0.0950. The SMILES string of the molecule is Cc1ccccc1CCNC(=O)c1cc(Cl)c[nH]1. The van der Waals surface area contributed by atoms with Crippen molar-refractivity contribution in [3.05, 3.63) is 58.4 Å². The van der Waals surface area contributed by atoms with Gasteiger partial charge in [-0.25, -0.2) is 0 Å². The Kier molecular flexibility index (Phi) is 4.05. The molecule has 0 bridgehead atoms. The monoisotopic (exact) mass is 262 g/mol. The maximum atomic E-state index is 11.7. The number of H-pyrrole nitrogens is 1. The molecule has 0 spiro atoms. The molecule has 3 nitrogen and oxygen atoms in total. The van der Waals surface area contributed by atoms with Crippen molar-refractivity contribution < 1.29 is 4.79 Å². The molecule has 1 amide bonds. The highest BCUT2D eigenvalue weighted by Crippen LogP contribution is 2.09. The van der Waals surface area contributed by atoms with Crippen LogP contribution in [-0.4, -0.2) is 17.4 Å². The quantitative estimate of drug-likeness (QED) is 0.874. The first-order valence-electron chi connectivity index (χ1n) is 5.83. The topological polar surface area (TPSA) is 44.9 Å². The Bertz CT molecular complexity index is 548. The van der Waals surface area contributed by atoms with Crippen LogP contribution in [0, 0.1) is 6.92 Å². The van der Waals surface area contributed by atoms with Crippen LogP contribution in [0.3, 0.4) is 0 Å². The van der Waals surface area contributed by atoms with Gasteiger partial charge in [-0.15, -0.1) is 0 Å². The van der Waals surface area contributed by atoms with Gasteiger partial charge in [-0.05, 0) is 30.5 Å². The number of rotatable bonds is 4. The van der Waals surface area contributed by atoms with Crippen molar-refractivity contribution in [2.75, 3.05) is 6.54 Å². The zero-order valence-corrected chi connectivity index (χ0v) is 10.9. The molecular weight excluding hydrogens is 248 g/mol. The standard InChI is InChI=1S/C14H15ClN2O/c1-10-4-2-3-5-11(10)6-7-16-14(18)13-8-12(15)9-17-13/h2-5,8-9,17H,6-7H2,1H3,(H,16,18). The number of amides is 1. The van der Waals surface area contributed by atoms with E-state index in [0.29, 0.717) is 17.3 Å². The van der Waals surface area contributed by atoms with E-state index >= 15 is 0 Å². The van der Waals surface area contributed by atoms with Crippen LogP contribution in [0.2, 0.25) is 5.02 Å². The highest BCUT2D eigenvalue weighted by atomic mass is 35.5. The minimum Gasteiger partial charge on any atom is -0.356 e. The summed E-state index contributed by atoms with van der Waals surface area (Å²) in [4.78, 5) is 14.6. The molecule has 0 aliphatic carbocycles. The first-order chi connectivity index (χ1) is 8.66. The number of benzene rings is 1. The lowest BCUT2D eigenvalue weighted by Gasteiger charge is -2.06. The molecule has 2 aromatic rings. The van der Waals surface area contributed by atoms with E-state index in [1.54, 1.807) is 12.3 Å². The van der Waals surface area contributed by atoms with Crippen LogP contribution < -0.4 is 5.32 Å². The second-order valence-electron chi connectivity index (χ2n) is 4.16. The van der Waals surface area contributed by atoms with Gasteiger partial charge in [-0.3, -0.25) is 4.79 Å². The molecule has 2 rings (SSSR count). The van der Waals surface area contributed by atoms with E-state index in [9.17, 15) is 4.79 Å². The molecule has 1 aromatic heterocycles. The Morgan fingerprint density at radius 3 is 2.83 bits per heavy atom. The maximum absolute atomic E-state index is 11.7. The molecule has 0 fully saturated rings. The Hall–Kier alpha value is -1.74. The van der Waals surface area contributed by atoms with Crippen LogP contribution in [0.1, 0.15) is 21.6 Å². The lowest BCUT2D eigenvalue weighted by atomic mass is 10.1. The van der Waals surface area contributed by atoms with Crippen molar-refractivity contribution >= 4 is 17.5 Å². The number of hydrogen-bond donors (Lipinski definition) is 2. The number of aromatic nitrogens is 1. The molecule has 0 radical (unpaired) electrons. The van der Waals surface area contributed by atoms with Crippen molar-refractivity contribution in [3.63, 3.8) is 0 Å². The summed E-state index contributed by atoms with van der Waals surface area (Å²) < 4.78 is 0. The molecule has 94 valence electrons. The van der Waals surface area contributed by atoms with Crippen LogP contribution in [-0.2, 0) is 6.42 Å². The number of carbonyl (C=O) groups is 1. The lowest BCUT2D eigenvalue weighted by Crippen LogP contribution is -2.26. The first-order valence-corrected chi connectivity index (χ1v) is 6.21. The van der Waals surface area contributed by atoms with Crippen molar-refractivity contribution in [2.45, 2.75) is 13.3 Å². The number of nitrogens with one attached hydrogen (secondary N) is 2. The number of aromatic amines is 1. The fraction of sp³-hybridized carbons (Fsp3) is 0.214. The molecule has 0 saturated heterocycles. The normalized spacial score (nSPS) is 10.3. The Balaban J connectivity index is 1.86. The molecule has 0 unspecified atom stereocenters. The van der Waals surface area contributed by atoms with Gasteiger partial charge in [0, 0.05) is 12.7 Å². The van der Waals surface area contributed by atoms with Gasteiger partial charge in [0.1, 0.15) is 5.69 Å². The second-order valence-corrected chi connectivity index (χ2v) is 4.60. The van der Waals surface area contributed by atoms with Gasteiger partial charge >= 0.3 is 0 Å². The van der Waals surface area contributed by atoms with Crippen molar-refractivity contribution in [2.24, 2.45) is 0 Å². The zero-order chi connectivity index (χ0) is 13.0. The molecule has 0 aliphatic rings. The van der Waals surface area contributed by atoms with Gasteiger partial charge in [0.2, 0.25) is 0 Å². The summed E-state index contributed by atoms with van der Waals surface area (Å²) in [5, 5.41) is 3.40. The predicted octanol–water partition coefficient (Wildman–Crippen LogP) is 2.95. The van der Waals surface area contributed by atoms with Crippen LogP contribution in [0.25, 0.3) is 0 Å². The summed E-state index contributed by atoms with van der Waals surface area (Å²) in [6, 6.07) is 9.78. The minimum atomic E-state index is -0.129. The second kappa shape index (κ2) is 5.74. The van der Waals surface area contributed by atoms with Gasteiger partial charge in [-0.1, -0.05) is 35.9 Å². The zero-order valence-electron chi connectivity index (χ0n) is 10.2. The molecule has 1 heterocycles. The summed E-state index contributed by atoms with van der Waals surface area (Å²) in [7, 11) is 0. The van der Waals surface area contributed by atoms with E-state index in [1.807, 2.05) is 12.1 Å². The molecule has 0 aliphatic heterocycles. The van der Waals surface area contributed by atoms with Crippen LogP contribution in [0.5, 0.6) is 0 Å². The van der Waals surface area contributed by atoms with Crippen molar-refractivity contribution in [1.82, 2.24) is 10.3 Å². The Morgan fingerprint density at radius 2 is 2.17 bits per heavy atom. The molecule has 2 N–H and O–H groups in total. The van der Waals surface area contributed by atoms with Crippen LogP contribution >= 0.6 is 11.6 Å². The van der Waals surface area contributed by atoms with Gasteiger partial charge < -0.3 is 10.3 Å². The summed E-state index contributed by atoms with van der Waals surface area (Å²) in [6.07, 6.45) is 2.42. The molecule has 18 heavy (non-hydrogen) atoms. The van der Waals surface area contributed by atoms with E-state index in [4.69, 9.17) is 11.6 Å². The van der Waals surface area contributed by atoms with E-state index in [0.717, 1.165) is 6.42 Å². The summed E-state index contributed by atoms with van der Waals surface area (Å²) in [5.74, 6) is -0.129. The van der Waals surface area contributed by atoms with Gasteiger partial charge in [0.25, 0.3) is 5.91 Å². The third-order valence-electron chi connectivity index (χ3n) is 2.83. The minimum absolute atomic E-state index is 0.129. The smallest absolute Gasteiger partial charge is 0.267 e. The number of hydrogen-bond acceptors (Lipinski definition) is 1. The molecular formula is C14H15ClN2O. The maximum Gasteiger partial charge on any atom is 0.267 e. The molecule has 1 aromatic carbocycles. The largest absolute Gasteiger partial charge is 0.356 e. The summed E-state index contributed by atoms with van der Waals surface area (Å²) >= 11 is 5.74. The highest BCUT2D eigenvalue weighted by molar-refractivity contribution is 6.30. The third-order valence-corrected chi connectivity index (χ3v) is 3.05. The number of aryl methyl sites for hydroxylation is 1. The fourth-order valence-electron chi connectivity index (χ4n) is 1.80. The molecule has 0 saturated carbocycles. The van der Waals surface area contributed by atoms with Crippen molar-refractivity contribution in [3.8, 4) is 0 Å². The van der Waals surface area contributed by atoms with Crippen LogP contribution in [0.15, 0.2) is 36.5 Å². The average Bonchev–Trinajstić information content (AvgIpc) is 2.78. The highest BCUT2D eigenvalue weighted by Gasteiger charge is 2.07. The average molecular weight is 263 g/mol. The third kappa shape index (κ3) is 3.14. The first kappa shape index (κ1) is 12.7. The predicted molar refractivity (Wildman–Crippen MR) is 73.0 cm³/mol. The molecule has 4 heteroatoms. The summed E-state index contributed by atoms with van der Waals surface area (Å²) in [6.45, 7) is 2.68. The van der Waals surface area contributed by atoms with E-state index in [-0.39, 0.29) is 5.91 Å². The van der Waals surface area contributed by atoms with Gasteiger partial charge in [-0.2, -0.15) is 0 Å². The molecule has 0 atom stereocenters. The van der Waals surface area contributed by atoms with E-state index in [2.05, 4.69) is 29.4 Å². The van der Waals surface area contributed by atoms with Gasteiger partial charge in [0.05, 0.1) is 5.02 Å². The van der Waals surface area contributed by atoms with Crippen molar-refractivity contribution in [1.29, 1.82) is 0 Å². The van der Waals surface area contributed by atoms with E-state index in [1.165, 1.54) is 11.1 Å². The Morgan fingerprint density at radius 1 is 1.39 bits per heavy atom. The number of carbonyl (C=O) groups excluding carboxylic acids is 1. The van der Waals surface area contributed by atoms with E-state index < -0.39 is 0 Å². The summed E-state index contributed by atoms with van der Waals surface area (Å²) in [5.41, 5.74) is 2.99. The van der Waals surface area contributed by atoms with Crippen LogP contribution in [0.4, 0.5) is 0 Å². The van der Waals surface area contributed by atoms with Gasteiger partial charge in [0.15, 0.2) is 0 Å².